The van der Waals surface area contributed by atoms with E-state index < -0.39 is 0 Å². The molecule has 0 atom stereocenters. The summed E-state index contributed by atoms with van der Waals surface area (Å²) in [5.41, 5.74) is 6.69. The predicted octanol–water partition coefficient (Wildman–Crippen LogP) is 4.79. The van der Waals surface area contributed by atoms with Crippen LogP contribution < -0.4 is 15.5 Å². The largest absolute Gasteiger partial charge is 0.377 e. The number of carbonyl (C=O) groups excluding carboxylic acids is 3. The van der Waals surface area contributed by atoms with Gasteiger partial charge in [-0.2, -0.15) is 0 Å². The Hall–Kier alpha value is -4.97. The van der Waals surface area contributed by atoms with Crippen molar-refractivity contribution < 1.29 is 19.1 Å². The standard InChI is InChI=1S/C42H49N7O4/c1-45(2)41(52)33-10-6-31(7-11-33)27-48-24-25-49-37(18-19-38(49)42(48)28-53-29-42)40(51)43-26-30-8-14-34(15-9-30)44-39(50)32-12-16-36(17-13-32)47-22-20-46(21-23-47)35-4-3-5-35/h6-19,35H,3-5,20-29H2,1-2H3,(H,43,51)(H,44,50). The van der Waals surface area contributed by atoms with Crippen LogP contribution in [0, 0.1) is 0 Å². The van der Waals surface area contributed by atoms with E-state index in [2.05, 4.69) is 48.1 Å². The van der Waals surface area contributed by atoms with Crippen LogP contribution in [0.15, 0.2) is 84.9 Å². The average Bonchev–Trinajstić information content (AvgIpc) is 3.58. The lowest BCUT2D eigenvalue weighted by atomic mass is 9.88. The topological polar surface area (TPSA) is 102 Å². The molecule has 4 aromatic rings. The molecule has 4 aliphatic rings. The maximum absolute atomic E-state index is 13.5. The van der Waals surface area contributed by atoms with Crippen LogP contribution in [0.4, 0.5) is 11.4 Å². The van der Waals surface area contributed by atoms with Crippen molar-refractivity contribution in [3.05, 3.63) is 119 Å². The Morgan fingerprint density at radius 2 is 1.43 bits per heavy atom. The van der Waals surface area contributed by atoms with Crippen LogP contribution in [0.1, 0.15) is 67.3 Å². The maximum atomic E-state index is 13.5. The number of hydrogen-bond donors (Lipinski definition) is 2. The number of hydrogen-bond acceptors (Lipinski definition) is 7. The molecule has 3 fully saturated rings. The zero-order chi connectivity index (χ0) is 36.5. The molecule has 0 radical (unpaired) electrons. The fraction of sp³-hybridized carbons (Fsp3) is 0.405. The van der Waals surface area contributed by atoms with Gasteiger partial charge in [0.25, 0.3) is 17.7 Å². The fourth-order valence-corrected chi connectivity index (χ4v) is 8.10. The minimum atomic E-state index is -0.290. The van der Waals surface area contributed by atoms with Gasteiger partial charge < -0.3 is 29.7 Å². The summed E-state index contributed by atoms with van der Waals surface area (Å²) in [7, 11) is 3.51. The molecule has 1 spiro atoms. The van der Waals surface area contributed by atoms with Crippen LogP contribution in [0.25, 0.3) is 0 Å². The van der Waals surface area contributed by atoms with Gasteiger partial charge in [-0.25, -0.2) is 0 Å². The first-order valence-electron chi connectivity index (χ1n) is 18.9. The van der Waals surface area contributed by atoms with Gasteiger partial charge in [0.1, 0.15) is 11.2 Å². The Labute approximate surface area is 311 Å². The van der Waals surface area contributed by atoms with E-state index in [9.17, 15) is 14.4 Å². The first kappa shape index (κ1) is 35.1. The third-order valence-electron chi connectivity index (χ3n) is 11.6. The highest BCUT2D eigenvalue weighted by Gasteiger charge is 2.50. The predicted molar refractivity (Wildman–Crippen MR) is 205 cm³/mol. The van der Waals surface area contributed by atoms with E-state index in [1.165, 1.54) is 24.9 Å². The molecule has 3 aliphatic heterocycles. The smallest absolute Gasteiger partial charge is 0.268 e. The lowest BCUT2D eigenvalue weighted by molar-refractivity contribution is -0.162. The van der Waals surface area contributed by atoms with Gasteiger partial charge in [-0.15, -0.1) is 0 Å². The molecule has 53 heavy (non-hydrogen) atoms. The summed E-state index contributed by atoms with van der Waals surface area (Å²) in [5.74, 6) is -0.279. The second-order valence-electron chi connectivity index (χ2n) is 15.1. The minimum absolute atomic E-state index is 0.0111. The number of rotatable bonds is 10. The van der Waals surface area contributed by atoms with Crippen LogP contribution in [0.5, 0.6) is 0 Å². The Bertz CT molecular complexity index is 1940. The van der Waals surface area contributed by atoms with Gasteiger partial charge in [0, 0.05) is 101 Å². The van der Waals surface area contributed by atoms with Crippen LogP contribution in [0.3, 0.4) is 0 Å². The zero-order valence-electron chi connectivity index (χ0n) is 30.7. The van der Waals surface area contributed by atoms with E-state index >= 15 is 0 Å². The number of nitrogens with one attached hydrogen (secondary N) is 2. The summed E-state index contributed by atoms with van der Waals surface area (Å²) in [4.78, 5) is 47.9. The number of fused-ring (bicyclic) bond motifs is 2. The summed E-state index contributed by atoms with van der Waals surface area (Å²) in [6.45, 7) is 7.98. The lowest BCUT2D eigenvalue weighted by Crippen LogP contribution is -2.63. The van der Waals surface area contributed by atoms with Gasteiger partial charge in [0.05, 0.1) is 13.2 Å². The summed E-state index contributed by atoms with van der Waals surface area (Å²) in [6, 6.07) is 28.1. The summed E-state index contributed by atoms with van der Waals surface area (Å²) in [5, 5.41) is 6.10. The van der Waals surface area contributed by atoms with Crippen LogP contribution in [-0.2, 0) is 29.9 Å². The molecule has 276 valence electrons. The number of benzene rings is 3. The van der Waals surface area contributed by atoms with Gasteiger partial charge in [-0.1, -0.05) is 30.7 Å². The zero-order valence-corrected chi connectivity index (χ0v) is 30.7. The Balaban J connectivity index is 0.834. The van der Waals surface area contributed by atoms with E-state index in [0.717, 1.165) is 62.1 Å². The first-order valence-corrected chi connectivity index (χ1v) is 18.9. The second kappa shape index (κ2) is 14.8. The summed E-state index contributed by atoms with van der Waals surface area (Å²) >= 11 is 0. The van der Waals surface area contributed by atoms with Crippen LogP contribution in [0.2, 0.25) is 0 Å². The summed E-state index contributed by atoms with van der Waals surface area (Å²) < 4.78 is 7.89. The molecule has 1 saturated carbocycles. The van der Waals surface area contributed by atoms with Crippen molar-refractivity contribution in [3.63, 3.8) is 0 Å². The third-order valence-corrected chi connectivity index (χ3v) is 11.6. The molecule has 3 aromatic carbocycles. The molecule has 8 rings (SSSR count). The van der Waals surface area contributed by atoms with Crippen molar-refractivity contribution in [2.75, 3.05) is 70.2 Å². The molecule has 1 aliphatic carbocycles. The molecule has 11 nitrogen and oxygen atoms in total. The molecule has 2 saturated heterocycles. The molecular formula is C42H49N7O4. The second-order valence-corrected chi connectivity index (χ2v) is 15.1. The Morgan fingerprint density at radius 3 is 2.06 bits per heavy atom. The van der Waals surface area contributed by atoms with Crippen molar-refractivity contribution in [2.45, 2.75) is 50.5 Å². The monoisotopic (exact) mass is 715 g/mol. The van der Waals surface area contributed by atoms with Gasteiger partial charge in [0.2, 0.25) is 0 Å². The quantitative estimate of drug-likeness (QED) is 0.244. The summed E-state index contributed by atoms with van der Waals surface area (Å²) in [6.07, 6.45) is 4.06. The van der Waals surface area contributed by atoms with E-state index in [0.29, 0.717) is 48.8 Å². The van der Waals surface area contributed by atoms with E-state index in [1.807, 2.05) is 66.7 Å². The highest BCUT2D eigenvalue weighted by atomic mass is 16.5. The van der Waals surface area contributed by atoms with Crippen LogP contribution >= 0.6 is 0 Å². The average molecular weight is 716 g/mol. The number of piperazine rings is 1. The minimum Gasteiger partial charge on any atom is -0.377 e. The van der Waals surface area contributed by atoms with Gasteiger partial charge in [0.15, 0.2) is 0 Å². The number of carbonyl (C=O) groups is 3. The van der Waals surface area contributed by atoms with Crippen molar-refractivity contribution in [1.82, 2.24) is 24.6 Å². The molecule has 2 N–H and O–H groups in total. The molecule has 11 heteroatoms. The number of anilines is 2. The van der Waals surface area contributed by atoms with Crippen molar-refractivity contribution in [3.8, 4) is 0 Å². The Kier molecular flexibility index (Phi) is 9.80. The Morgan fingerprint density at radius 1 is 0.755 bits per heavy atom. The number of amides is 3. The number of ether oxygens (including phenoxy) is 1. The molecule has 4 heterocycles. The molecule has 1 aromatic heterocycles. The van der Waals surface area contributed by atoms with Crippen LogP contribution in [-0.4, -0.2) is 103 Å². The molecule has 3 amide bonds. The van der Waals surface area contributed by atoms with Crippen molar-refractivity contribution in [2.24, 2.45) is 0 Å². The van der Waals surface area contributed by atoms with Gasteiger partial charge in [-0.05, 0) is 84.6 Å². The normalized spacial score (nSPS) is 18.5. The van der Waals surface area contributed by atoms with E-state index in [1.54, 1.807) is 19.0 Å². The van der Waals surface area contributed by atoms with E-state index in [-0.39, 0.29) is 23.3 Å². The van der Waals surface area contributed by atoms with Crippen molar-refractivity contribution in [1.29, 1.82) is 0 Å². The maximum Gasteiger partial charge on any atom is 0.268 e. The van der Waals surface area contributed by atoms with Crippen molar-refractivity contribution >= 4 is 29.1 Å². The van der Waals surface area contributed by atoms with E-state index in [4.69, 9.17) is 4.74 Å². The first-order chi connectivity index (χ1) is 25.8. The SMILES string of the molecule is CN(C)C(=O)c1ccc(CN2CCn3c(C(=O)NCc4ccc(NC(=O)c5ccc(N6CCN(C7CCC7)CC6)cc5)cc4)ccc3C23COC3)cc1. The number of aromatic nitrogens is 1. The molecule has 0 bridgehead atoms. The third kappa shape index (κ3) is 7.08. The highest BCUT2D eigenvalue weighted by Crippen LogP contribution is 2.41. The lowest BCUT2D eigenvalue weighted by Gasteiger charge is -2.53. The molecular weight excluding hydrogens is 667 g/mol. The fourth-order valence-electron chi connectivity index (χ4n) is 8.10. The van der Waals surface area contributed by atoms with Gasteiger partial charge >= 0.3 is 0 Å². The number of nitrogens with zero attached hydrogens (tertiary/aromatic N) is 5. The molecule has 0 unspecified atom stereocenters. The van der Waals surface area contributed by atoms with Gasteiger partial charge in [-0.3, -0.25) is 24.2 Å². The highest BCUT2D eigenvalue weighted by molar-refractivity contribution is 6.04.